The van der Waals surface area contributed by atoms with Crippen molar-refractivity contribution in [2.75, 3.05) is 18.5 Å². The Hall–Kier alpha value is -2.30. The molecule has 0 unspecified atom stereocenters. The highest BCUT2D eigenvalue weighted by atomic mass is 16.5. The van der Waals surface area contributed by atoms with Crippen LogP contribution in [-0.4, -0.2) is 22.9 Å². The molecule has 0 radical (unpaired) electrons. The van der Waals surface area contributed by atoms with Gasteiger partial charge in [0.2, 0.25) is 0 Å². The number of ether oxygens (including phenoxy) is 1. The second-order valence-electron chi connectivity index (χ2n) is 5.11. The van der Waals surface area contributed by atoms with Crippen LogP contribution in [0.1, 0.15) is 18.5 Å². The van der Waals surface area contributed by atoms with Crippen molar-refractivity contribution in [3.8, 4) is 5.75 Å². The molecule has 1 aromatic carbocycles. The standard InChI is InChI=1S/C16H19N3O2/c20-16-12-15-14(8-4-9-17-15)18-19(16)10-5-11-21-13-6-2-1-3-7-13/h1-3,6-7,12,17H,4-5,8-11H2. The molecule has 1 N–H and O–H groups in total. The van der Waals surface area contributed by atoms with Gasteiger partial charge in [-0.2, -0.15) is 5.10 Å². The molecule has 0 aliphatic carbocycles. The Labute approximate surface area is 123 Å². The number of hydrogen-bond donors (Lipinski definition) is 1. The third-order valence-electron chi connectivity index (χ3n) is 3.51. The summed E-state index contributed by atoms with van der Waals surface area (Å²) in [4.78, 5) is 12.0. The van der Waals surface area contributed by atoms with Crippen LogP contribution in [0.25, 0.3) is 0 Å². The average Bonchev–Trinajstić information content (AvgIpc) is 2.53. The molecule has 0 saturated carbocycles. The van der Waals surface area contributed by atoms with Gasteiger partial charge in [0.05, 0.1) is 18.0 Å². The fourth-order valence-electron chi connectivity index (χ4n) is 2.43. The first-order valence-corrected chi connectivity index (χ1v) is 7.36. The predicted octanol–water partition coefficient (Wildman–Crippen LogP) is 2.07. The molecule has 0 fully saturated rings. The molecule has 1 aliphatic rings. The van der Waals surface area contributed by atoms with Gasteiger partial charge >= 0.3 is 0 Å². The highest BCUT2D eigenvalue weighted by Crippen LogP contribution is 2.16. The molecule has 0 atom stereocenters. The van der Waals surface area contributed by atoms with Crippen LogP contribution in [0.2, 0.25) is 0 Å². The van der Waals surface area contributed by atoms with Gasteiger partial charge in [0.25, 0.3) is 5.56 Å². The molecular weight excluding hydrogens is 266 g/mol. The fraction of sp³-hybridized carbons (Fsp3) is 0.375. The monoisotopic (exact) mass is 285 g/mol. The predicted molar refractivity (Wildman–Crippen MR) is 81.9 cm³/mol. The van der Waals surface area contributed by atoms with Crippen molar-refractivity contribution in [3.63, 3.8) is 0 Å². The molecular formula is C16H19N3O2. The minimum absolute atomic E-state index is 0.0529. The maximum atomic E-state index is 12.0. The maximum Gasteiger partial charge on any atom is 0.268 e. The highest BCUT2D eigenvalue weighted by molar-refractivity contribution is 5.48. The van der Waals surface area contributed by atoms with Crippen LogP contribution in [0.3, 0.4) is 0 Å². The minimum atomic E-state index is -0.0529. The normalized spacial score (nSPS) is 13.3. The summed E-state index contributed by atoms with van der Waals surface area (Å²) in [5.41, 5.74) is 1.83. The largest absolute Gasteiger partial charge is 0.494 e. The lowest BCUT2D eigenvalue weighted by atomic mass is 10.1. The van der Waals surface area contributed by atoms with Crippen LogP contribution in [0.5, 0.6) is 5.75 Å². The number of fused-ring (bicyclic) bond motifs is 1. The van der Waals surface area contributed by atoms with Crippen molar-refractivity contribution in [1.29, 1.82) is 0 Å². The molecule has 0 amide bonds. The van der Waals surface area contributed by atoms with Crippen LogP contribution < -0.4 is 15.6 Å². The summed E-state index contributed by atoms with van der Waals surface area (Å²) in [5, 5.41) is 7.66. The molecule has 1 aromatic heterocycles. The van der Waals surface area contributed by atoms with Crippen LogP contribution in [0.15, 0.2) is 41.2 Å². The highest BCUT2D eigenvalue weighted by Gasteiger charge is 2.12. The van der Waals surface area contributed by atoms with Gasteiger partial charge in [0.1, 0.15) is 5.75 Å². The smallest absolute Gasteiger partial charge is 0.268 e. The fourth-order valence-corrected chi connectivity index (χ4v) is 2.43. The molecule has 1 aliphatic heterocycles. The third kappa shape index (κ3) is 3.42. The van der Waals surface area contributed by atoms with E-state index in [1.165, 1.54) is 0 Å². The molecule has 2 aromatic rings. The van der Waals surface area contributed by atoms with Gasteiger partial charge in [-0.15, -0.1) is 0 Å². The van der Waals surface area contributed by atoms with E-state index in [0.717, 1.165) is 42.9 Å². The third-order valence-corrected chi connectivity index (χ3v) is 3.51. The number of para-hydroxylation sites is 1. The summed E-state index contributed by atoms with van der Waals surface area (Å²) < 4.78 is 7.17. The first-order chi connectivity index (χ1) is 10.3. The summed E-state index contributed by atoms with van der Waals surface area (Å²) in [7, 11) is 0. The lowest BCUT2D eigenvalue weighted by molar-refractivity contribution is 0.296. The number of nitrogens with zero attached hydrogens (tertiary/aromatic N) is 2. The minimum Gasteiger partial charge on any atom is -0.494 e. The second kappa shape index (κ2) is 6.43. The van der Waals surface area contributed by atoms with E-state index in [-0.39, 0.29) is 5.56 Å². The molecule has 0 spiro atoms. The van der Waals surface area contributed by atoms with Crippen LogP contribution in [0, 0.1) is 0 Å². The van der Waals surface area contributed by atoms with Crippen molar-refractivity contribution in [2.45, 2.75) is 25.8 Å². The lowest BCUT2D eigenvalue weighted by Gasteiger charge is -2.17. The first kappa shape index (κ1) is 13.7. The van der Waals surface area contributed by atoms with Gasteiger partial charge in [-0.05, 0) is 25.0 Å². The summed E-state index contributed by atoms with van der Waals surface area (Å²) >= 11 is 0. The van der Waals surface area contributed by atoms with Gasteiger partial charge in [-0.1, -0.05) is 18.2 Å². The summed E-state index contributed by atoms with van der Waals surface area (Å²) in [6, 6.07) is 11.3. The summed E-state index contributed by atoms with van der Waals surface area (Å²) in [6.45, 7) is 2.08. The van der Waals surface area contributed by atoms with E-state index in [1.54, 1.807) is 10.7 Å². The van der Waals surface area contributed by atoms with Gasteiger partial charge in [-0.3, -0.25) is 4.79 Å². The number of nitrogens with one attached hydrogen (secondary N) is 1. The lowest BCUT2D eigenvalue weighted by Crippen LogP contribution is -2.27. The molecule has 3 rings (SSSR count). The topological polar surface area (TPSA) is 56.2 Å². The van der Waals surface area contributed by atoms with E-state index in [4.69, 9.17) is 4.74 Å². The summed E-state index contributed by atoms with van der Waals surface area (Å²) in [6.07, 6.45) is 2.76. The first-order valence-electron chi connectivity index (χ1n) is 7.36. The Morgan fingerprint density at radius 3 is 3.00 bits per heavy atom. The van der Waals surface area contributed by atoms with Crippen molar-refractivity contribution >= 4 is 5.69 Å². The van der Waals surface area contributed by atoms with E-state index in [2.05, 4.69) is 10.4 Å². The van der Waals surface area contributed by atoms with E-state index < -0.39 is 0 Å². The van der Waals surface area contributed by atoms with Crippen molar-refractivity contribution in [2.24, 2.45) is 0 Å². The molecule has 0 bridgehead atoms. The Kier molecular flexibility index (Phi) is 4.19. The molecule has 0 saturated heterocycles. The Balaban J connectivity index is 1.57. The average molecular weight is 285 g/mol. The second-order valence-corrected chi connectivity index (χ2v) is 5.11. The Bertz CT molecular complexity index is 652. The number of benzene rings is 1. The molecule has 5 heteroatoms. The number of hydrogen-bond acceptors (Lipinski definition) is 4. The van der Waals surface area contributed by atoms with Gasteiger partial charge in [0.15, 0.2) is 0 Å². The Morgan fingerprint density at radius 2 is 2.14 bits per heavy atom. The molecule has 110 valence electrons. The molecule has 21 heavy (non-hydrogen) atoms. The zero-order valence-electron chi connectivity index (χ0n) is 11.9. The molecule has 2 heterocycles. The summed E-state index contributed by atoms with van der Waals surface area (Å²) in [5.74, 6) is 0.854. The van der Waals surface area contributed by atoms with Crippen LogP contribution >= 0.6 is 0 Å². The van der Waals surface area contributed by atoms with Gasteiger partial charge in [0, 0.05) is 25.6 Å². The van der Waals surface area contributed by atoms with Crippen LogP contribution in [0.4, 0.5) is 5.69 Å². The van der Waals surface area contributed by atoms with E-state index in [9.17, 15) is 4.79 Å². The molecule has 5 nitrogen and oxygen atoms in total. The quantitative estimate of drug-likeness (QED) is 0.854. The van der Waals surface area contributed by atoms with E-state index in [1.807, 2.05) is 30.3 Å². The van der Waals surface area contributed by atoms with Crippen molar-refractivity contribution in [1.82, 2.24) is 9.78 Å². The number of rotatable bonds is 5. The number of aryl methyl sites for hydroxylation is 2. The van der Waals surface area contributed by atoms with Gasteiger partial charge < -0.3 is 10.1 Å². The SMILES string of the molecule is O=c1cc2c(nn1CCCOc1ccccc1)CCCN2. The zero-order valence-corrected chi connectivity index (χ0v) is 11.9. The van der Waals surface area contributed by atoms with E-state index >= 15 is 0 Å². The number of aromatic nitrogens is 2. The zero-order chi connectivity index (χ0) is 14.5. The van der Waals surface area contributed by atoms with Crippen molar-refractivity contribution < 1.29 is 4.74 Å². The number of anilines is 1. The maximum absolute atomic E-state index is 12.0. The van der Waals surface area contributed by atoms with Crippen molar-refractivity contribution in [3.05, 3.63) is 52.4 Å². The van der Waals surface area contributed by atoms with Gasteiger partial charge in [-0.25, -0.2) is 4.68 Å². The van der Waals surface area contributed by atoms with Crippen LogP contribution in [-0.2, 0) is 13.0 Å². The Morgan fingerprint density at radius 1 is 1.29 bits per heavy atom. The van der Waals surface area contributed by atoms with E-state index in [0.29, 0.717) is 13.2 Å².